The van der Waals surface area contributed by atoms with E-state index in [1.165, 1.54) is 24.3 Å². The lowest BCUT2D eigenvalue weighted by Crippen LogP contribution is -2.37. The lowest BCUT2D eigenvalue weighted by Gasteiger charge is -2.25. The van der Waals surface area contributed by atoms with Crippen LogP contribution >= 0.6 is 0 Å². The van der Waals surface area contributed by atoms with E-state index in [1.54, 1.807) is 45.0 Å². The minimum Gasteiger partial charge on any atom is -0.468 e. The van der Waals surface area contributed by atoms with Crippen LogP contribution in [-0.2, 0) is 52.2 Å². The van der Waals surface area contributed by atoms with Gasteiger partial charge in [-0.25, -0.2) is 25.6 Å². The fraction of sp³-hybridized carbons (Fsp3) is 0.310. The number of hydrogen-bond acceptors (Lipinski definition) is 8. The maximum Gasteiger partial charge on any atom is 0.321 e. The lowest BCUT2D eigenvalue weighted by atomic mass is 10.1. The number of hydrogen-bond donors (Lipinski definition) is 0. The Morgan fingerprint density at radius 2 is 1.23 bits per heavy atom. The maximum atomic E-state index is 13.8. The average molecular weight is 641 g/mol. The molecule has 0 saturated carbocycles. The molecule has 0 unspecified atom stereocenters. The van der Waals surface area contributed by atoms with Crippen molar-refractivity contribution in [3.8, 4) is 0 Å². The van der Waals surface area contributed by atoms with Crippen molar-refractivity contribution in [3.05, 3.63) is 95.6 Å². The van der Waals surface area contributed by atoms with Crippen LogP contribution in [0.1, 0.15) is 31.9 Å². The minimum atomic E-state index is -4.34. The van der Waals surface area contributed by atoms with E-state index in [1.807, 2.05) is 0 Å². The van der Waals surface area contributed by atoms with Crippen molar-refractivity contribution in [2.24, 2.45) is 0 Å². The molecule has 0 atom stereocenters. The number of nitrogens with zero attached hydrogens (tertiary/aromatic N) is 2. The summed E-state index contributed by atoms with van der Waals surface area (Å²) in [4.78, 5) is 20.9. The monoisotopic (exact) mass is 640 g/mol. The molecular weight excluding hydrogens is 606 g/mol. The number of carbonyl (C=O) groups is 2. The highest BCUT2D eigenvalue weighted by Gasteiger charge is 2.30. The first-order chi connectivity index (χ1) is 20.4. The fourth-order valence-electron chi connectivity index (χ4n) is 3.81. The molecule has 0 N–H and O–H groups in total. The van der Waals surface area contributed by atoms with Gasteiger partial charge in [-0.15, -0.1) is 0 Å². The van der Waals surface area contributed by atoms with Gasteiger partial charge in [0.25, 0.3) is 6.47 Å². The molecule has 14 heteroatoms. The van der Waals surface area contributed by atoms with Gasteiger partial charge < -0.3 is 9.47 Å². The molecule has 3 aromatic rings. The van der Waals surface area contributed by atoms with Gasteiger partial charge in [-0.3, -0.25) is 9.59 Å². The summed E-state index contributed by atoms with van der Waals surface area (Å²) in [6, 6.07) is 15.6. The van der Waals surface area contributed by atoms with Gasteiger partial charge in [0.1, 0.15) is 18.2 Å². The van der Waals surface area contributed by atoms with Gasteiger partial charge in [0.2, 0.25) is 20.0 Å². The van der Waals surface area contributed by atoms with E-state index in [-0.39, 0.29) is 36.0 Å². The molecule has 43 heavy (non-hydrogen) atoms. The number of carbonyl (C=O) groups excluding carboxylic acids is 2. The molecule has 0 saturated heterocycles. The Hall–Kier alpha value is -3.72. The number of ether oxygens (including phenoxy) is 2. The standard InChI is InChI=1S/C26H28F2N2O6S2.C3H6O2/c1-3-29(37(32,33)24-13-7-11-22(27)15-24)17-20-9-5-6-10-21(20)18-30(19-26(31)36-4-2)38(34,35)25-14-8-12-23(28)16-25;1-2-5-3-4/h5-16H,3-4,17-19H2,1-2H3;3H,2H2,1H3. The van der Waals surface area contributed by atoms with Crippen LogP contribution in [0.2, 0.25) is 0 Å². The Morgan fingerprint density at radius 1 is 0.744 bits per heavy atom. The molecule has 0 fully saturated rings. The molecule has 234 valence electrons. The van der Waals surface area contributed by atoms with E-state index in [4.69, 9.17) is 4.74 Å². The van der Waals surface area contributed by atoms with Crippen LogP contribution in [-0.4, -0.2) is 64.2 Å². The zero-order valence-electron chi connectivity index (χ0n) is 24.0. The second kappa shape index (κ2) is 16.8. The van der Waals surface area contributed by atoms with Crippen LogP contribution in [0.3, 0.4) is 0 Å². The Balaban J connectivity index is 0.00000119. The number of halogens is 2. The molecule has 0 amide bonds. The Morgan fingerprint density at radius 3 is 1.63 bits per heavy atom. The smallest absolute Gasteiger partial charge is 0.321 e. The highest BCUT2D eigenvalue weighted by atomic mass is 32.2. The van der Waals surface area contributed by atoms with Gasteiger partial charge in [0.15, 0.2) is 0 Å². The van der Waals surface area contributed by atoms with Gasteiger partial charge in [-0.2, -0.15) is 8.61 Å². The van der Waals surface area contributed by atoms with Crippen molar-refractivity contribution in [2.45, 2.75) is 43.7 Å². The Bertz CT molecular complexity index is 1580. The third-order valence-corrected chi connectivity index (χ3v) is 9.58. The van der Waals surface area contributed by atoms with Gasteiger partial charge in [0.05, 0.1) is 23.0 Å². The highest BCUT2D eigenvalue weighted by molar-refractivity contribution is 7.89. The molecular formula is C29H34F2N2O8S2. The molecule has 3 rings (SSSR count). The molecule has 0 radical (unpaired) electrons. The third kappa shape index (κ3) is 10.2. The first-order valence-electron chi connectivity index (χ1n) is 13.2. The second-order valence-electron chi connectivity index (χ2n) is 8.74. The van der Waals surface area contributed by atoms with Crippen LogP contribution in [0, 0.1) is 11.6 Å². The van der Waals surface area contributed by atoms with Crippen molar-refractivity contribution >= 4 is 32.5 Å². The van der Waals surface area contributed by atoms with Crippen molar-refractivity contribution in [3.63, 3.8) is 0 Å². The third-order valence-electron chi connectivity index (χ3n) is 5.88. The molecule has 0 aromatic heterocycles. The van der Waals surface area contributed by atoms with Crippen LogP contribution < -0.4 is 0 Å². The summed E-state index contributed by atoms with van der Waals surface area (Å²) in [5.41, 5.74) is 0.891. The molecule has 0 heterocycles. The fourth-order valence-corrected chi connectivity index (χ4v) is 6.66. The normalized spacial score (nSPS) is 11.5. The van der Waals surface area contributed by atoms with E-state index in [2.05, 4.69) is 4.74 Å². The largest absolute Gasteiger partial charge is 0.468 e. The van der Waals surface area contributed by atoms with Crippen LogP contribution in [0.5, 0.6) is 0 Å². The quantitative estimate of drug-likeness (QED) is 0.190. The van der Waals surface area contributed by atoms with Crippen LogP contribution in [0.15, 0.2) is 82.6 Å². The van der Waals surface area contributed by atoms with E-state index in [0.717, 1.165) is 32.9 Å². The number of benzene rings is 3. The minimum absolute atomic E-state index is 0.0344. The first kappa shape index (κ1) is 35.5. The highest BCUT2D eigenvalue weighted by Crippen LogP contribution is 2.24. The predicted molar refractivity (Wildman–Crippen MR) is 154 cm³/mol. The van der Waals surface area contributed by atoms with E-state index in [9.17, 15) is 35.2 Å². The summed E-state index contributed by atoms with van der Waals surface area (Å²) in [7, 11) is -8.42. The van der Waals surface area contributed by atoms with Gasteiger partial charge in [0, 0.05) is 19.6 Å². The summed E-state index contributed by atoms with van der Waals surface area (Å²) in [6.45, 7) is 4.87. The van der Waals surface area contributed by atoms with Gasteiger partial charge in [-0.05, 0) is 61.4 Å². The van der Waals surface area contributed by atoms with Crippen molar-refractivity contribution in [1.82, 2.24) is 8.61 Å². The Labute approximate surface area is 250 Å². The molecule has 0 aliphatic heterocycles. The number of esters is 1. The summed E-state index contributed by atoms with van der Waals surface area (Å²) >= 11 is 0. The number of sulfonamides is 2. The van der Waals surface area contributed by atoms with Crippen LogP contribution in [0.4, 0.5) is 8.78 Å². The van der Waals surface area contributed by atoms with Crippen molar-refractivity contribution < 1.29 is 44.7 Å². The van der Waals surface area contributed by atoms with E-state index < -0.39 is 44.2 Å². The first-order valence-corrected chi connectivity index (χ1v) is 16.1. The summed E-state index contributed by atoms with van der Waals surface area (Å²) < 4.78 is 91.9. The van der Waals surface area contributed by atoms with Crippen molar-refractivity contribution in [2.75, 3.05) is 26.3 Å². The van der Waals surface area contributed by atoms with Gasteiger partial charge in [-0.1, -0.05) is 43.3 Å². The predicted octanol–water partition coefficient (Wildman–Crippen LogP) is 4.11. The zero-order valence-corrected chi connectivity index (χ0v) is 25.6. The molecule has 0 spiro atoms. The lowest BCUT2D eigenvalue weighted by molar-refractivity contribution is -0.143. The van der Waals surface area contributed by atoms with Gasteiger partial charge >= 0.3 is 5.97 Å². The topological polar surface area (TPSA) is 127 Å². The molecule has 3 aromatic carbocycles. The second-order valence-corrected chi connectivity index (χ2v) is 12.6. The molecule has 10 nitrogen and oxygen atoms in total. The molecule has 0 aliphatic rings. The summed E-state index contributed by atoms with van der Waals surface area (Å²) in [5, 5.41) is 0. The zero-order chi connectivity index (χ0) is 32.0. The van der Waals surface area contributed by atoms with Crippen molar-refractivity contribution in [1.29, 1.82) is 0 Å². The number of rotatable bonds is 14. The van der Waals surface area contributed by atoms with Crippen LogP contribution in [0.25, 0.3) is 0 Å². The average Bonchev–Trinajstić information content (AvgIpc) is 2.97. The van der Waals surface area contributed by atoms with E-state index in [0.29, 0.717) is 24.2 Å². The molecule has 0 aliphatic carbocycles. The maximum absolute atomic E-state index is 13.8. The summed E-state index contributed by atoms with van der Waals surface area (Å²) in [5.74, 6) is -2.25. The summed E-state index contributed by atoms with van der Waals surface area (Å²) in [6.07, 6.45) is 0. The van der Waals surface area contributed by atoms with E-state index >= 15 is 0 Å². The molecule has 0 bridgehead atoms. The Kier molecular flexibility index (Phi) is 13.9. The SMILES string of the molecule is CCOC(=O)CN(Cc1ccccc1CN(CC)S(=O)(=O)c1cccc(F)c1)S(=O)(=O)c1cccc(F)c1.CCOC=O.